The highest BCUT2D eigenvalue weighted by Crippen LogP contribution is 2.20. The molecule has 0 radical (unpaired) electrons. The number of sulfonamides is 1. The monoisotopic (exact) mass is 421 g/mol. The molecule has 0 unspecified atom stereocenters. The topological polar surface area (TPSA) is 122 Å². The molecule has 1 aliphatic heterocycles. The number of hydrogen-bond acceptors (Lipinski definition) is 6. The van der Waals surface area contributed by atoms with E-state index in [1.165, 1.54) is 30.3 Å². The van der Waals surface area contributed by atoms with Crippen molar-refractivity contribution >= 4 is 27.3 Å². The van der Waals surface area contributed by atoms with E-state index < -0.39 is 15.9 Å². The molecule has 1 amide bonds. The Labute approximate surface area is 169 Å². The zero-order chi connectivity index (χ0) is 21.0. The number of primary sulfonamides is 1. The van der Waals surface area contributed by atoms with Gasteiger partial charge in [-0.05, 0) is 42.5 Å². The van der Waals surface area contributed by atoms with Gasteiger partial charge in [0, 0.05) is 50.6 Å². The van der Waals surface area contributed by atoms with Crippen molar-refractivity contribution < 1.29 is 17.6 Å². The number of halogens is 1. The first-order valence-electron chi connectivity index (χ1n) is 9.17. The maximum Gasteiger partial charge on any atom is 0.250 e. The summed E-state index contributed by atoms with van der Waals surface area (Å²) in [6, 6.07) is 10.5. The number of benzene rings is 2. The van der Waals surface area contributed by atoms with Crippen LogP contribution in [0.5, 0.6) is 0 Å². The van der Waals surface area contributed by atoms with Gasteiger partial charge in [0.15, 0.2) is 0 Å². The van der Waals surface area contributed by atoms with Gasteiger partial charge in [-0.15, -0.1) is 0 Å². The van der Waals surface area contributed by atoms with Gasteiger partial charge in [-0.1, -0.05) is 0 Å². The molecule has 2 aromatic carbocycles. The first kappa shape index (κ1) is 21.0. The summed E-state index contributed by atoms with van der Waals surface area (Å²) >= 11 is 0. The molecule has 1 fully saturated rings. The van der Waals surface area contributed by atoms with Crippen molar-refractivity contribution in [3.05, 3.63) is 53.8 Å². The molecule has 0 saturated carbocycles. The molecule has 1 heterocycles. The van der Waals surface area contributed by atoms with E-state index in [4.69, 9.17) is 10.9 Å². The molecular weight excluding hydrogens is 397 g/mol. The summed E-state index contributed by atoms with van der Waals surface area (Å²) in [5.41, 5.74) is 6.92. The number of carbonyl (C=O) groups excluding carboxylic acids is 1. The fraction of sp³-hybridized carbons (Fsp3) is 0.316. The van der Waals surface area contributed by atoms with Crippen LogP contribution in [-0.2, 0) is 10.0 Å². The molecule has 8 nitrogen and oxygen atoms in total. The SMILES string of the molecule is NC(=O)c1cc(S(N)(=O)=O)ccc1NCCN1CCN(c2ccc(F)cc2)CC1. The predicted octanol–water partition coefficient (Wildman–Crippen LogP) is 0.806. The molecule has 2 aromatic rings. The first-order valence-corrected chi connectivity index (χ1v) is 10.7. The first-order chi connectivity index (χ1) is 13.7. The Morgan fingerprint density at radius 1 is 1.07 bits per heavy atom. The zero-order valence-corrected chi connectivity index (χ0v) is 16.7. The number of primary amides is 1. The summed E-state index contributed by atoms with van der Waals surface area (Å²) in [6.07, 6.45) is 0. The van der Waals surface area contributed by atoms with Crippen LogP contribution in [-0.4, -0.2) is 58.5 Å². The Hall–Kier alpha value is -2.69. The van der Waals surface area contributed by atoms with E-state index in [0.29, 0.717) is 12.2 Å². The van der Waals surface area contributed by atoms with Gasteiger partial charge in [-0.3, -0.25) is 9.69 Å². The van der Waals surface area contributed by atoms with E-state index in [1.807, 2.05) is 0 Å². The van der Waals surface area contributed by atoms with Crippen LogP contribution in [0.15, 0.2) is 47.4 Å². The number of hydrogen-bond donors (Lipinski definition) is 3. The van der Waals surface area contributed by atoms with E-state index >= 15 is 0 Å². The van der Waals surface area contributed by atoms with Crippen LogP contribution in [0.1, 0.15) is 10.4 Å². The third-order valence-electron chi connectivity index (χ3n) is 4.89. The summed E-state index contributed by atoms with van der Waals surface area (Å²) in [6.45, 7) is 4.68. The second-order valence-corrected chi connectivity index (χ2v) is 8.41. The molecule has 0 aliphatic carbocycles. The van der Waals surface area contributed by atoms with E-state index in [0.717, 1.165) is 38.4 Å². The average Bonchev–Trinajstić information content (AvgIpc) is 2.68. The van der Waals surface area contributed by atoms with E-state index in [9.17, 15) is 17.6 Å². The molecule has 0 atom stereocenters. The lowest BCUT2D eigenvalue weighted by Gasteiger charge is -2.36. The van der Waals surface area contributed by atoms with Gasteiger partial charge in [0.25, 0.3) is 5.91 Å². The lowest BCUT2D eigenvalue weighted by Crippen LogP contribution is -2.47. The van der Waals surface area contributed by atoms with Gasteiger partial charge in [0.1, 0.15) is 5.82 Å². The van der Waals surface area contributed by atoms with Crippen molar-refractivity contribution in [2.45, 2.75) is 4.90 Å². The number of piperazine rings is 1. The van der Waals surface area contributed by atoms with Crippen molar-refractivity contribution in [2.75, 3.05) is 49.5 Å². The highest BCUT2D eigenvalue weighted by Gasteiger charge is 2.18. The van der Waals surface area contributed by atoms with Crippen molar-refractivity contribution in [3.63, 3.8) is 0 Å². The van der Waals surface area contributed by atoms with Crippen LogP contribution in [0.3, 0.4) is 0 Å². The van der Waals surface area contributed by atoms with Crippen LogP contribution < -0.4 is 21.1 Å². The minimum Gasteiger partial charge on any atom is -0.383 e. The summed E-state index contributed by atoms with van der Waals surface area (Å²) < 4.78 is 36.0. The van der Waals surface area contributed by atoms with Gasteiger partial charge < -0.3 is 16.0 Å². The summed E-state index contributed by atoms with van der Waals surface area (Å²) in [7, 11) is -3.91. The van der Waals surface area contributed by atoms with Crippen molar-refractivity contribution in [2.24, 2.45) is 10.9 Å². The van der Waals surface area contributed by atoms with Gasteiger partial charge >= 0.3 is 0 Å². The van der Waals surface area contributed by atoms with E-state index in [-0.39, 0.29) is 16.3 Å². The summed E-state index contributed by atoms with van der Waals surface area (Å²) in [5, 5.41) is 8.24. The Kier molecular flexibility index (Phi) is 6.36. The third kappa shape index (κ3) is 5.43. The lowest BCUT2D eigenvalue weighted by atomic mass is 10.1. The second-order valence-electron chi connectivity index (χ2n) is 6.85. The van der Waals surface area contributed by atoms with Crippen LogP contribution in [0.25, 0.3) is 0 Å². The van der Waals surface area contributed by atoms with Crippen molar-refractivity contribution in [1.29, 1.82) is 0 Å². The number of nitrogens with two attached hydrogens (primary N) is 2. The fourth-order valence-electron chi connectivity index (χ4n) is 3.29. The quantitative estimate of drug-likeness (QED) is 0.608. The normalized spacial score (nSPS) is 15.3. The Morgan fingerprint density at radius 2 is 1.72 bits per heavy atom. The maximum absolute atomic E-state index is 13.1. The molecule has 10 heteroatoms. The zero-order valence-electron chi connectivity index (χ0n) is 15.8. The molecular formula is C19H24FN5O3S. The van der Waals surface area contributed by atoms with Gasteiger partial charge in [0.2, 0.25) is 10.0 Å². The largest absolute Gasteiger partial charge is 0.383 e. The van der Waals surface area contributed by atoms with Crippen LogP contribution in [0.2, 0.25) is 0 Å². The fourth-order valence-corrected chi connectivity index (χ4v) is 3.83. The Morgan fingerprint density at radius 3 is 2.31 bits per heavy atom. The smallest absolute Gasteiger partial charge is 0.250 e. The second kappa shape index (κ2) is 8.76. The average molecular weight is 421 g/mol. The number of nitrogens with zero attached hydrogens (tertiary/aromatic N) is 2. The Balaban J connectivity index is 1.53. The van der Waals surface area contributed by atoms with Crippen molar-refractivity contribution in [1.82, 2.24) is 4.90 Å². The molecule has 0 spiro atoms. The molecule has 3 rings (SSSR count). The lowest BCUT2D eigenvalue weighted by molar-refractivity contribution is 0.100. The summed E-state index contributed by atoms with van der Waals surface area (Å²) in [4.78, 5) is 16.0. The minimum absolute atomic E-state index is 0.0812. The number of carbonyl (C=O) groups is 1. The molecule has 0 bridgehead atoms. The van der Waals surface area contributed by atoms with Crippen LogP contribution in [0, 0.1) is 5.82 Å². The summed E-state index contributed by atoms with van der Waals surface area (Å²) in [5.74, 6) is -0.975. The standard InChI is InChI=1S/C19H24FN5O3S/c20-14-1-3-15(4-2-14)25-11-9-24(10-12-25)8-7-23-18-6-5-16(29(22,27)28)13-17(18)19(21)26/h1-6,13,23H,7-12H2,(H2,21,26)(H2,22,27,28). The van der Waals surface area contributed by atoms with E-state index in [2.05, 4.69) is 15.1 Å². The van der Waals surface area contributed by atoms with Crippen LogP contribution in [0.4, 0.5) is 15.8 Å². The molecule has 5 N–H and O–H groups in total. The van der Waals surface area contributed by atoms with Gasteiger partial charge in [-0.25, -0.2) is 17.9 Å². The van der Waals surface area contributed by atoms with Crippen LogP contribution >= 0.6 is 0 Å². The molecule has 0 aromatic heterocycles. The van der Waals surface area contributed by atoms with Crippen molar-refractivity contribution in [3.8, 4) is 0 Å². The van der Waals surface area contributed by atoms with Gasteiger partial charge in [0.05, 0.1) is 10.5 Å². The third-order valence-corrected chi connectivity index (χ3v) is 5.80. The maximum atomic E-state index is 13.1. The van der Waals surface area contributed by atoms with E-state index in [1.54, 1.807) is 12.1 Å². The number of nitrogens with one attached hydrogen (secondary N) is 1. The minimum atomic E-state index is -3.91. The molecule has 29 heavy (non-hydrogen) atoms. The highest BCUT2D eigenvalue weighted by atomic mass is 32.2. The highest BCUT2D eigenvalue weighted by molar-refractivity contribution is 7.89. The van der Waals surface area contributed by atoms with Gasteiger partial charge in [-0.2, -0.15) is 0 Å². The molecule has 156 valence electrons. The Bertz CT molecular complexity index is 974. The number of amides is 1. The predicted molar refractivity (Wildman–Crippen MR) is 110 cm³/mol. The number of anilines is 2. The molecule has 1 aliphatic rings. The number of rotatable bonds is 7. The molecule has 1 saturated heterocycles.